The predicted molar refractivity (Wildman–Crippen MR) is 112 cm³/mol. The molecule has 0 aliphatic rings. The minimum atomic E-state index is -1.000. The lowest BCUT2D eigenvalue weighted by Crippen LogP contribution is -2.32. The molecule has 1 N–H and O–H groups in total. The number of aromatic amines is 1. The van der Waals surface area contributed by atoms with E-state index in [2.05, 4.69) is 10.1 Å². The molecule has 1 unspecified atom stereocenters. The highest BCUT2D eigenvalue weighted by Gasteiger charge is 2.19. The molecule has 31 heavy (non-hydrogen) atoms. The van der Waals surface area contributed by atoms with E-state index in [1.807, 2.05) is 0 Å². The molecule has 3 aromatic rings. The number of fused-ring (bicyclic) bond motifs is 1. The highest BCUT2D eigenvalue weighted by atomic mass is 16.6. The summed E-state index contributed by atoms with van der Waals surface area (Å²) in [6, 6.07) is 10.1. The number of H-pyrrole nitrogens is 1. The van der Waals surface area contributed by atoms with Crippen molar-refractivity contribution in [3.05, 3.63) is 79.0 Å². The van der Waals surface area contributed by atoms with Gasteiger partial charge in [0.1, 0.15) is 5.75 Å². The standard InChI is InChI=1S/C20H18N4O7/c1-3-30-19(26)12(2)31-17-9-8-14(24(28)29)10-13(17)11-21-23-18(25)15-6-4-5-7-16(15)22-20(23)27/h4-12H,3H2,1-2H3,(H,22,27). The van der Waals surface area contributed by atoms with Crippen LogP contribution in [-0.4, -0.2) is 39.5 Å². The van der Waals surface area contributed by atoms with Gasteiger partial charge in [0.2, 0.25) is 0 Å². The summed E-state index contributed by atoms with van der Waals surface area (Å²) in [6.45, 7) is 3.26. The first kappa shape index (κ1) is 21.4. The molecule has 0 spiro atoms. The Morgan fingerprint density at radius 3 is 2.74 bits per heavy atom. The maximum Gasteiger partial charge on any atom is 0.349 e. The molecule has 3 rings (SSSR count). The fourth-order valence-electron chi connectivity index (χ4n) is 2.73. The van der Waals surface area contributed by atoms with Crippen molar-refractivity contribution in [2.45, 2.75) is 20.0 Å². The fraction of sp³-hybridized carbons (Fsp3) is 0.200. The van der Waals surface area contributed by atoms with Crippen LogP contribution in [0.5, 0.6) is 5.75 Å². The van der Waals surface area contributed by atoms with Gasteiger partial charge in [0, 0.05) is 17.7 Å². The summed E-state index contributed by atoms with van der Waals surface area (Å²) in [5.74, 6) is -0.536. The van der Waals surface area contributed by atoms with Gasteiger partial charge in [0.05, 0.1) is 28.6 Å². The van der Waals surface area contributed by atoms with Crippen molar-refractivity contribution in [3.63, 3.8) is 0 Å². The molecule has 0 saturated carbocycles. The average molecular weight is 426 g/mol. The number of non-ortho nitro benzene ring substituents is 1. The Kier molecular flexibility index (Phi) is 6.24. The Hall–Kier alpha value is -4.28. The second-order valence-corrected chi connectivity index (χ2v) is 6.33. The Labute approximate surface area is 174 Å². The molecule has 0 aliphatic carbocycles. The van der Waals surface area contributed by atoms with Crippen LogP contribution in [0, 0.1) is 10.1 Å². The molecule has 1 atom stereocenters. The molecule has 0 amide bonds. The Balaban J connectivity index is 2.04. The summed E-state index contributed by atoms with van der Waals surface area (Å²) >= 11 is 0. The smallest absolute Gasteiger partial charge is 0.349 e. The summed E-state index contributed by atoms with van der Waals surface area (Å²) < 4.78 is 11.0. The maximum absolute atomic E-state index is 12.6. The van der Waals surface area contributed by atoms with Gasteiger partial charge in [0.15, 0.2) is 6.10 Å². The fourth-order valence-corrected chi connectivity index (χ4v) is 2.73. The summed E-state index contributed by atoms with van der Waals surface area (Å²) in [4.78, 5) is 49.8. The van der Waals surface area contributed by atoms with Gasteiger partial charge in [0.25, 0.3) is 11.2 Å². The molecule has 1 aromatic heterocycles. The van der Waals surface area contributed by atoms with Crippen molar-refractivity contribution < 1.29 is 19.2 Å². The highest BCUT2D eigenvalue weighted by Crippen LogP contribution is 2.24. The van der Waals surface area contributed by atoms with E-state index in [-0.39, 0.29) is 29.0 Å². The Morgan fingerprint density at radius 1 is 1.29 bits per heavy atom. The number of carbonyl (C=O) groups excluding carboxylic acids is 1. The van der Waals surface area contributed by atoms with Crippen LogP contribution in [0.25, 0.3) is 10.9 Å². The summed E-state index contributed by atoms with van der Waals surface area (Å²) in [6.07, 6.45) is 0.0753. The lowest BCUT2D eigenvalue weighted by atomic mass is 10.2. The van der Waals surface area contributed by atoms with E-state index in [9.17, 15) is 24.5 Å². The van der Waals surface area contributed by atoms with Crippen molar-refractivity contribution in [1.82, 2.24) is 9.66 Å². The second-order valence-electron chi connectivity index (χ2n) is 6.33. The molecule has 2 aromatic carbocycles. The van der Waals surface area contributed by atoms with E-state index >= 15 is 0 Å². The number of rotatable bonds is 7. The summed E-state index contributed by atoms with van der Waals surface area (Å²) in [7, 11) is 0. The van der Waals surface area contributed by atoms with Crippen LogP contribution in [0.2, 0.25) is 0 Å². The molecule has 11 nitrogen and oxygen atoms in total. The number of para-hydroxylation sites is 1. The lowest BCUT2D eigenvalue weighted by molar-refractivity contribution is -0.384. The van der Waals surface area contributed by atoms with Gasteiger partial charge in [-0.05, 0) is 32.0 Å². The number of nitro benzene ring substituents is 1. The van der Waals surface area contributed by atoms with Crippen LogP contribution in [0.4, 0.5) is 5.69 Å². The van der Waals surface area contributed by atoms with Crippen molar-refractivity contribution in [2.75, 3.05) is 6.61 Å². The maximum atomic E-state index is 12.6. The van der Waals surface area contributed by atoms with E-state index in [4.69, 9.17) is 9.47 Å². The largest absolute Gasteiger partial charge is 0.478 e. The molecular weight excluding hydrogens is 408 g/mol. The number of benzene rings is 2. The van der Waals surface area contributed by atoms with Gasteiger partial charge >= 0.3 is 11.7 Å². The van der Waals surface area contributed by atoms with Crippen LogP contribution in [0.15, 0.2) is 57.2 Å². The number of nitro groups is 1. The van der Waals surface area contributed by atoms with Crippen LogP contribution in [-0.2, 0) is 9.53 Å². The number of nitrogens with zero attached hydrogens (tertiary/aromatic N) is 3. The number of esters is 1. The first-order chi connectivity index (χ1) is 14.8. The zero-order valence-electron chi connectivity index (χ0n) is 16.6. The van der Waals surface area contributed by atoms with E-state index < -0.39 is 28.2 Å². The third kappa shape index (κ3) is 4.66. The molecule has 1 heterocycles. The summed E-state index contributed by atoms with van der Waals surface area (Å²) in [5, 5.41) is 15.3. The van der Waals surface area contributed by atoms with Gasteiger partial charge < -0.3 is 14.5 Å². The Morgan fingerprint density at radius 2 is 2.03 bits per heavy atom. The molecule has 0 radical (unpaired) electrons. The van der Waals surface area contributed by atoms with Crippen LogP contribution in [0.3, 0.4) is 0 Å². The van der Waals surface area contributed by atoms with Gasteiger partial charge in [-0.15, -0.1) is 4.68 Å². The molecule has 11 heteroatoms. The second kappa shape index (κ2) is 9.03. The average Bonchev–Trinajstić information content (AvgIpc) is 2.74. The van der Waals surface area contributed by atoms with Gasteiger partial charge in [-0.3, -0.25) is 14.9 Å². The lowest BCUT2D eigenvalue weighted by Gasteiger charge is -2.14. The van der Waals surface area contributed by atoms with Gasteiger partial charge in [-0.1, -0.05) is 12.1 Å². The van der Waals surface area contributed by atoms with Crippen LogP contribution >= 0.6 is 0 Å². The van der Waals surface area contributed by atoms with Gasteiger partial charge in [-0.2, -0.15) is 5.10 Å². The van der Waals surface area contributed by atoms with Crippen molar-refractivity contribution in [1.29, 1.82) is 0 Å². The quantitative estimate of drug-likeness (QED) is 0.262. The topological polar surface area (TPSA) is 146 Å². The van der Waals surface area contributed by atoms with E-state index in [1.54, 1.807) is 25.1 Å². The molecule has 0 bridgehead atoms. The minimum Gasteiger partial charge on any atom is -0.478 e. The highest BCUT2D eigenvalue weighted by molar-refractivity contribution is 5.85. The third-order valence-electron chi connectivity index (χ3n) is 4.22. The number of carbonyl (C=O) groups is 1. The van der Waals surface area contributed by atoms with Gasteiger partial charge in [-0.25, -0.2) is 9.59 Å². The number of nitrogens with one attached hydrogen (secondary N) is 1. The summed E-state index contributed by atoms with van der Waals surface area (Å²) in [5.41, 5.74) is -1.27. The normalized spacial score (nSPS) is 12.1. The Bertz CT molecular complexity index is 1290. The van der Waals surface area contributed by atoms with Crippen molar-refractivity contribution >= 4 is 28.8 Å². The number of aromatic nitrogens is 2. The van der Waals surface area contributed by atoms with E-state index in [1.165, 1.54) is 25.1 Å². The molecule has 160 valence electrons. The number of hydrogen-bond donors (Lipinski definition) is 1. The first-order valence-corrected chi connectivity index (χ1v) is 9.22. The minimum absolute atomic E-state index is 0.0835. The van der Waals surface area contributed by atoms with E-state index in [0.29, 0.717) is 10.2 Å². The van der Waals surface area contributed by atoms with E-state index in [0.717, 1.165) is 12.3 Å². The molecule has 0 aliphatic heterocycles. The van der Waals surface area contributed by atoms with Crippen molar-refractivity contribution in [3.8, 4) is 5.75 Å². The number of hydrogen-bond acceptors (Lipinski definition) is 8. The van der Waals surface area contributed by atoms with Crippen LogP contribution in [0.1, 0.15) is 19.4 Å². The first-order valence-electron chi connectivity index (χ1n) is 9.22. The molecular formula is C20H18N4O7. The van der Waals surface area contributed by atoms with Crippen LogP contribution < -0.4 is 16.0 Å². The van der Waals surface area contributed by atoms with Crippen molar-refractivity contribution in [2.24, 2.45) is 5.10 Å². The molecule has 0 fully saturated rings. The zero-order valence-corrected chi connectivity index (χ0v) is 16.6. The third-order valence-corrected chi connectivity index (χ3v) is 4.22. The monoisotopic (exact) mass is 426 g/mol. The number of ether oxygens (including phenoxy) is 2. The predicted octanol–water partition coefficient (Wildman–Crippen LogP) is 1.81. The zero-order chi connectivity index (χ0) is 22.5. The SMILES string of the molecule is CCOC(=O)C(C)Oc1ccc([N+](=O)[O-])cc1C=Nn1c(=O)[nH]c2ccccc2c1=O. The molecule has 0 saturated heterocycles.